The van der Waals surface area contributed by atoms with E-state index in [9.17, 15) is 4.79 Å². The van der Waals surface area contributed by atoms with Crippen LogP contribution in [0.3, 0.4) is 0 Å². The fraction of sp³-hybridized carbons (Fsp3) is 0.577. The summed E-state index contributed by atoms with van der Waals surface area (Å²) >= 11 is 0. The van der Waals surface area contributed by atoms with Gasteiger partial charge in [0.05, 0.1) is 23.7 Å². The van der Waals surface area contributed by atoms with Crippen LogP contribution in [0.1, 0.15) is 73.6 Å². The first kappa shape index (κ1) is 22.7. The lowest BCUT2D eigenvalue weighted by molar-refractivity contribution is -0.138. The second kappa shape index (κ2) is 9.57. The first-order chi connectivity index (χ1) is 15.4. The third kappa shape index (κ3) is 4.65. The van der Waals surface area contributed by atoms with E-state index in [2.05, 4.69) is 36.5 Å². The summed E-state index contributed by atoms with van der Waals surface area (Å²) in [4.78, 5) is 27.5. The summed E-state index contributed by atoms with van der Waals surface area (Å²) in [5.41, 5.74) is 2.87. The second-order valence-electron chi connectivity index (χ2n) is 9.79. The van der Waals surface area contributed by atoms with Crippen LogP contribution >= 0.6 is 0 Å². The van der Waals surface area contributed by atoms with Crippen molar-refractivity contribution < 1.29 is 4.79 Å². The van der Waals surface area contributed by atoms with E-state index in [0.717, 1.165) is 68.0 Å². The molecule has 6 heteroatoms. The van der Waals surface area contributed by atoms with E-state index < -0.39 is 5.41 Å². The zero-order valence-electron chi connectivity index (χ0n) is 20.0. The molecule has 1 saturated carbocycles. The van der Waals surface area contributed by atoms with E-state index in [1.165, 1.54) is 12.0 Å². The van der Waals surface area contributed by atoms with Gasteiger partial charge < -0.3 is 15.1 Å². The average Bonchev–Trinajstić information content (AvgIpc) is 3.34. The van der Waals surface area contributed by atoms with Crippen molar-refractivity contribution in [2.24, 2.45) is 0 Å². The molecule has 6 nitrogen and oxygen atoms in total. The zero-order chi connectivity index (χ0) is 22.7. The van der Waals surface area contributed by atoms with Gasteiger partial charge in [0.1, 0.15) is 11.6 Å². The molecule has 1 aromatic heterocycles. The first-order valence-corrected chi connectivity index (χ1v) is 12.0. The third-order valence-corrected chi connectivity index (χ3v) is 7.08. The first-order valence-electron chi connectivity index (χ1n) is 12.0. The van der Waals surface area contributed by atoms with Crippen molar-refractivity contribution in [2.75, 3.05) is 32.6 Å². The Morgan fingerprint density at radius 3 is 2.41 bits per heavy atom. The van der Waals surface area contributed by atoms with Gasteiger partial charge in [0.2, 0.25) is 5.91 Å². The molecule has 1 aliphatic heterocycles. The van der Waals surface area contributed by atoms with Crippen LogP contribution < -0.4 is 10.2 Å². The van der Waals surface area contributed by atoms with Crippen LogP contribution in [0.5, 0.6) is 0 Å². The predicted molar refractivity (Wildman–Crippen MR) is 129 cm³/mol. The van der Waals surface area contributed by atoms with Crippen molar-refractivity contribution in [3.63, 3.8) is 0 Å². The number of anilines is 1. The van der Waals surface area contributed by atoms with Crippen LogP contribution in [0.15, 0.2) is 30.3 Å². The topological polar surface area (TPSA) is 61.4 Å². The highest BCUT2D eigenvalue weighted by molar-refractivity contribution is 5.88. The van der Waals surface area contributed by atoms with Crippen molar-refractivity contribution in [3.8, 4) is 0 Å². The Balaban J connectivity index is 1.61. The van der Waals surface area contributed by atoms with E-state index in [4.69, 9.17) is 9.97 Å². The number of nitrogens with one attached hydrogen (secondary N) is 1. The maximum atomic E-state index is 13.9. The van der Waals surface area contributed by atoms with Gasteiger partial charge in [-0.25, -0.2) is 9.97 Å². The van der Waals surface area contributed by atoms with Crippen LogP contribution in [0.25, 0.3) is 0 Å². The number of hydrogen-bond acceptors (Lipinski definition) is 5. The number of aromatic nitrogens is 2. The van der Waals surface area contributed by atoms with Crippen molar-refractivity contribution in [2.45, 2.75) is 69.9 Å². The number of rotatable bonds is 6. The van der Waals surface area contributed by atoms with E-state index in [-0.39, 0.29) is 11.9 Å². The number of carbonyl (C=O) groups excluding carboxylic acids is 1. The Morgan fingerprint density at radius 2 is 1.78 bits per heavy atom. The molecule has 172 valence electrons. The van der Waals surface area contributed by atoms with Crippen LogP contribution in [-0.4, -0.2) is 48.5 Å². The lowest BCUT2D eigenvalue weighted by atomic mass is 9.68. The molecule has 0 unspecified atom stereocenters. The molecule has 0 radical (unpaired) electrons. The Bertz CT molecular complexity index is 928. The molecule has 2 aliphatic rings. The van der Waals surface area contributed by atoms with Crippen molar-refractivity contribution in [1.82, 2.24) is 20.2 Å². The molecule has 1 N–H and O–H groups in total. The molecule has 1 aromatic carbocycles. The summed E-state index contributed by atoms with van der Waals surface area (Å²) in [6.07, 6.45) is 7.45. The predicted octanol–water partition coefficient (Wildman–Crippen LogP) is 4.14. The monoisotopic (exact) mass is 435 g/mol. The molecule has 1 aliphatic carbocycles. The third-order valence-electron chi connectivity index (χ3n) is 7.08. The largest absolute Gasteiger partial charge is 0.363 e. The standard InChI is InChI=1S/C26H37N5O/c1-19-10-12-20(13-11-19)26(14-6-5-7-15-26)25(32)31(4)18-21-17-23(30(2)3)29-24(28-21)22-9-8-16-27-22/h10-13,17,22,27H,5-9,14-16,18H2,1-4H3/t22-/m0/s1. The maximum Gasteiger partial charge on any atom is 0.233 e. The normalized spacial score (nSPS) is 20.2. The summed E-state index contributed by atoms with van der Waals surface area (Å²) in [7, 11) is 5.93. The van der Waals surface area contributed by atoms with Crippen LogP contribution in [0.2, 0.25) is 0 Å². The maximum absolute atomic E-state index is 13.9. The van der Waals surface area contributed by atoms with Crippen LogP contribution in [-0.2, 0) is 16.8 Å². The molecule has 1 amide bonds. The SMILES string of the molecule is Cc1ccc(C2(C(=O)N(C)Cc3cc(N(C)C)nc([C@@H]4CCCN4)n3)CCCCC2)cc1. The van der Waals surface area contributed by atoms with Gasteiger partial charge in [0.25, 0.3) is 0 Å². The smallest absolute Gasteiger partial charge is 0.233 e. The van der Waals surface area contributed by atoms with Crippen LogP contribution in [0, 0.1) is 6.92 Å². The van der Waals surface area contributed by atoms with E-state index in [1.807, 2.05) is 37.0 Å². The van der Waals surface area contributed by atoms with Gasteiger partial charge in [-0.05, 0) is 44.7 Å². The van der Waals surface area contributed by atoms with E-state index in [0.29, 0.717) is 6.54 Å². The number of carbonyl (C=O) groups is 1. The van der Waals surface area contributed by atoms with Gasteiger partial charge in [-0.3, -0.25) is 4.79 Å². The number of hydrogen-bond donors (Lipinski definition) is 1. The van der Waals surface area contributed by atoms with Gasteiger partial charge in [0, 0.05) is 27.2 Å². The summed E-state index contributed by atoms with van der Waals surface area (Å²) in [5.74, 6) is 1.95. The van der Waals surface area contributed by atoms with Crippen molar-refractivity contribution in [3.05, 3.63) is 53.0 Å². The van der Waals surface area contributed by atoms with Gasteiger partial charge in [-0.2, -0.15) is 0 Å². The van der Waals surface area contributed by atoms with Gasteiger partial charge in [0.15, 0.2) is 0 Å². The van der Waals surface area contributed by atoms with E-state index in [1.54, 1.807) is 0 Å². The second-order valence-corrected chi connectivity index (χ2v) is 9.79. The quantitative estimate of drug-likeness (QED) is 0.739. The molecular formula is C26H37N5O. The Hall–Kier alpha value is -2.47. The minimum Gasteiger partial charge on any atom is -0.363 e. The minimum atomic E-state index is -0.423. The van der Waals surface area contributed by atoms with Gasteiger partial charge >= 0.3 is 0 Å². The molecule has 2 aromatic rings. The Kier molecular flexibility index (Phi) is 6.79. The number of benzene rings is 1. The summed E-state index contributed by atoms with van der Waals surface area (Å²) in [6.45, 7) is 3.60. The highest BCUT2D eigenvalue weighted by Gasteiger charge is 2.42. The molecular weight excluding hydrogens is 398 g/mol. The minimum absolute atomic E-state index is 0.201. The highest BCUT2D eigenvalue weighted by atomic mass is 16.2. The van der Waals surface area contributed by atoms with Gasteiger partial charge in [-0.1, -0.05) is 49.1 Å². The summed E-state index contributed by atoms with van der Waals surface area (Å²) in [6, 6.07) is 10.8. The molecule has 1 atom stereocenters. The number of nitrogens with zero attached hydrogens (tertiary/aromatic N) is 4. The summed E-state index contributed by atoms with van der Waals surface area (Å²) in [5, 5.41) is 3.50. The fourth-order valence-electron chi connectivity index (χ4n) is 5.21. The lowest BCUT2D eigenvalue weighted by Gasteiger charge is -2.39. The lowest BCUT2D eigenvalue weighted by Crippen LogP contribution is -2.46. The highest BCUT2D eigenvalue weighted by Crippen LogP contribution is 2.41. The van der Waals surface area contributed by atoms with Crippen molar-refractivity contribution >= 4 is 11.7 Å². The molecule has 2 heterocycles. The number of amides is 1. The number of aryl methyl sites for hydroxylation is 1. The Morgan fingerprint density at radius 1 is 1.06 bits per heavy atom. The van der Waals surface area contributed by atoms with E-state index >= 15 is 0 Å². The molecule has 1 saturated heterocycles. The molecule has 0 bridgehead atoms. The summed E-state index contributed by atoms with van der Waals surface area (Å²) < 4.78 is 0. The molecule has 0 spiro atoms. The number of likely N-dealkylation sites (N-methyl/N-ethyl adjacent to an activating group) is 1. The fourth-order valence-corrected chi connectivity index (χ4v) is 5.21. The van der Waals surface area contributed by atoms with Crippen LogP contribution in [0.4, 0.5) is 5.82 Å². The molecule has 2 fully saturated rings. The molecule has 4 rings (SSSR count). The van der Waals surface area contributed by atoms with Gasteiger partial charge in [-0.15, -0.1) is 0 Å². The average molecular weight is 436 g/mol. The zero-order valence-corrected chi connectivity index (χ0v) is 20.0. The molecule has 32 heavy (non-hydrogen) atoms. The van der Waals surface area contributed by atoms with Crippen molar-refractivity contribution in [1.29, 1.82) is 0 Å². The Labute approximate surface area is 192 Å².